The van der Waals surface area contributed by atoms with Gasteiger partial charge in [-0.25, -0.2) is 0 Å². The van der Waals surface area contributed by atoms with Crippen molar-refractivity contribution in [2.75, 3.05) is 17.2 Å². The fourth-order valence-corrected chi connectivity index (χ4v) is 2.99. The predicted octanol–water partition coefficient (Wildman–Crippen LogP) is 4.16. The van der Waals surface area contributed by atoms with Crippen molar-refractivity contribution >= 4 is 28.9 Å². The van der Waals surface area contributed by atoms with Crippen molar-refractivity contribution in [2.45, 2.75) is 13.3 Å². The molecule has 3 aromatic carbocycles. The Morgan fingerprint density at radius 3 is 2.32 bits per heavy atom. The van der Waals surface area contributed by atoms with Crippen LogP contribution >= 0.6 is 0 Å². The van der Waals surface area contributed by atoms with E-state index in [9.17, 15) is 19.7 Å². The monoisotopic (exact) mass is 419 g/mol. The van der Waals surface area contributed by atoms with Crippen molar-refractivity contribution in [3.63, 3.8) is 0 Å². The lowest BCUT2D eigenvalue weighted by atomic mass is 10.0. The molecule has 0 aliphatic heterocycles. The number of nitro benzene ring substituents is 1. The van der Waals surface area contributed by atoms with E-state index in [2.05, 4.69) is 10.6 Å². The van der Waals surface area contributed by atoms with Crippen LogP contribution in [0.4, 0.5) is 17.1 Å². The Morgan fingerprint density at radius 1 is 0.935 bits per heavy atom. The molecule has 3 aromatic rings. The highest BCUT2D eigenvalue weighted by Gasteiger charge is 2.14. The summed E-state index contributed by atoms with van der Waals surface area (Å²) in [6.07, 6.45) is 0.429. The lowest BCUT2D eigenvalue weighted by molar-refractivity contribution is -0.384. The van der Waals surface area contributed by atoms with Crippen LogP contribution in [-0.4, -0.2) is 23.3 Å². The van der Waals surface area contributed by atoms with Gasteiger partial charge in [0.25, 0.3) is 11.6 Å². The van der Waals surface area contributed by atoms with E-state index in [-0.39, 0.29) is 18.2 Å². The van der Waals surface area contributed by atoms with Crippen LogP contribution in [-0.2, 0) is 16.0 Å². The van der Waals surface area contributed by atoms with Crippen LogP contribution in [0.1, 0.15) is 18.1 Å². The Kier molecular flexibility index (Phi) is 6.95. The van der Waals surface area contributed by atoms with Crippen molar-refractivity contribution in [1.82, 2.24) is 0 Å². The first kappa shape index (κ1) is 21.5. The number of benzene rings is 3. The van der Waals surface area contributed by atoms with Gasteiger partial charge in [-0.15, -0.1) is 0 Å². The van der Waals surface area contributed by atoms with Gasteiger partial charge in [-0.2, -0.15) is 0 Å². The van der Waals surface area contributed by atoms with Crippen molar-refractivity contribution in [2.24, 2.45) is 0 Å². The maximum Gasteiger partial charge on any atom is 0.269 e. The number of amides is 2. The molecule has 2 amide bonds. The zero-order valence-electron chi connectivity index (χ0n) is 16.8. The van der Waals surface area contributed by atoms with Gasteiger partial charge in [0, 0.05) is 42.4 Å². The fourth-order valence-electron chi connectivity index (χ4n) is 2.99. The molecule has 0 aromatic heterocycles. The van der Waals surface area contributed by atoms with Gasteiger partial charge in [-0.1, -0.05) is 36.4 Å². The number of anilines is 2. The number of nitro groups is 1. The van der Waals surface area contributed by atoms with Crippen LogP contribution in [0.25, 0.3) is 0 Å². The number of hydrogen-bond donors (Lipinski definition) is 2. The Morgan fingerprint density at radius 2 is 1.65 bits per heavy atom. The second-order valence-corrected chi connectivity index (χ2v) is 6.81. The molecule has 31 heavy (non-hydrogen) atoms. The van der Waals surface area contributed by atoms with Crippen LogP contribution in [0, 0.1) is 10.1 Å². The SMILES string of the molecule is CC(=O)Nc1cccc(NC(=O)COc2ccc([N+](=O)[O-])cc2Cc2ccccc2)c1. The fraction of sp³-hybridized carbons (Fsp3) is 0.130. The van der Waals surface area contributed by atoms with Gasteiger partial charge in [0.2, 0.25) is 5.91 Å². The average Bonchev–Trinajstić information content (AvgIpc) is 2.73. The molecule has 158 valence electrons. The molecule has 3 rings (SSSR count). The second-order valence-electron chi connectivity index (χ2n) is 6.81. The minimum absolute atomic E-state index is 0.0440. The Hall–Kier alpha value is -4.20. The minimum Gasteiger partial charge on any atom is -0.483 e. The number of carbonyl (C=O) groups is 2. The number of nitrogens with one attached hydrogen (secondary N) is 2. The van der Waals surface area contributed by atoms with Crippen molar-refractivity contribution in [3.05, 3.63) is 94.0 Å². The van der Waals surface area contributed by atoms with E-state index < -0.39 is 10.8 Å². The van der Waals surface area contributed by atoms with E-state index in [4.69, 9.17) is 4.74 Å². The smallest absolute Gasteiger partial charge is 0.269 e. The zero-order valence-corrected chi connectivity index (χ0v) is 16.8. The van der Waals surface area contributed by atoms with Gasteiger partial charge in [-0.3, -0.25) is 19.7 Å². The second kappa shape index (κ2) is 10.0. The first-order valence-corrected chi connectivity index (χ1v) is 9.52. The van der Waals surface area contributed by atoms with Gasteiger partial charge < -0.3 is 15.4 Å². The van der Waals surface area contributed by atoms with Gasteiger partial charge >= 0.3 is 0 Å². The Labute approximate surface area is 179 Å². The number of ether oxygens (including phenoxy) is 1. The molecule has 0 atom stereocenters. The van der Waals surface area contributed by atoms with E-state index >= 15 is 0 Å². The maximum absolute atomic E-state index is 12.3. The molecule has 0 aliphatic carbocycles. The number of hydrogen-bond acceptors (Lipinski definition) is 5. The molecule has 0 radical (unpaired) electrons. The Bertz CT molecular complexity index is 1100. The van der Waals surface area contributed by atoms with Gasteiger partial charge in [0.1, 0.15) is 5.75 Å². The molecule has 0 saturated carbocycles. The highest BCUT2D eigenvalue weighted by molar-refractivity contribution is 5.94. The third-order valence-corrected chi connectivity index (χ3v) is 4.32. The zero-order chi connectivity index (χ0) is 22.2. The maximum atomic E-state index is 12.3. The van der Waals surface area contributed by atoms with E-state index in [0.29, 0.717) is 29.1 Å². The van der Waals surface area contributed by atoms with Crippen molar-refractivity contribution < 1.29 is 19.2 Å². The molecule has 0 saturated heterocycles. The summed E-state index contributed by atoms with van der Waals surface area (Å²) in [5.74, 6) is -0.212. The van der Waals surface area contributed by atoms with E-state index in [1.165, 1.54) is 25.1 Å². The van der Waals surface area contributed by atoms with Crippen LogP contribution < -0.4 is 15.4 Å². The molecule has 0 spiro atoms. The van der Waals surface area contributed by atoms with Crippen LogP contribution in [0.15, 0.2) is 72.8 Å². The molecule has 8 heteroatoms. The lowest BCUT2D eigenvalue weighted by Crippen LogP contribution is -2.20. The van der Waals surface area contributed by atoms with Crippen molar-refractivity contribution in [1.29, 1.82) is 0 Å². The van der Waals surface area contributed by atoms with Crippen LogP contribution in [0.2, 0.25) is 0 Å². The minimum atomic E-state index is -0.465. The average molecular weight is 419 g/mol. The van der Waals surface area contributed by atoms with Gasteiger partial charge in [-0.05, 0) is 29.8 Å². The Balaban J connectivity index is 1.69. The summed E-state index contributed by atoms with van der Waals surface area (Å²) in [6.45, 7) is 1.13. The summed E-state index contributed by atoms with van der Waals surface area (Å²) in [7, 11) is 0. The first-order chi connectivity index (χ1) is 14.9. The molecule has 0 heterocycles. The molecule has 0 unspecified atom stereocenters. The summed E-state index contributed by atoms with van der Waals surface area (Å²) >= 11 is 0. The third-order valence-electron chi connectivity index (χ3n) is 4.32. The summed E-state index contributed by atoms with van der Waals surface area (Å²) in [5.41, 5.74) is 2.60. The largest absolute Gasteiger partial charge is 0.483 e. The normalized spacial score (nSPS) is 10.2. The molecule has 0 fully saturated rings. The third kappa shape index (κ3) is 6.40. The molecular formula is C23H21N3O5. The number of nitrogens with zero attached hydrogens (tertiary/aromatic N) is 1. The summed E-state index contributed by atoms with van der Waals surface area (Å²) in [6, 6.07) is 20.5. The lowest BCUT2D eigenvalue weighted by Gasteiger charge is -2.12. The molecule has 8 nitrogen and oxygen atoms in total. The van der Waals surface area contributed by atoms with E-state index in [1.54, 1.807) is 24.3 Å². The summed E-state index contributed by atoms with van der Waals surface area (Å²) in [4.78, 5) is 34.2. The summed E-state index contributed by atoms with van der Waals surface area (Å²) < 4.78 is 5.67. The standard InChI is InChI=1S/C23H21N3O5/c1-16(27)24-19-8-5-9-20(14-19)25-23(28)15-31-22-11-10-21(26(29)30)13-18(22)12-17-6-3-2-4-7-17/h2-11,13-14H,12,15H2,1H3,(H,24,27)(H,25,28). The highest BCUT2D eigenvalue weighted by Crippen LogP contribution is 2.27. The van der Waals surface area contributed by atoms with Crippen LogP contribution in [0.5, 0.6) is 5.75 Å². The van der Waals surface area contributed by atoms with Crippen molar-refractivity contribution in [3.8, 4) is 5.75 Å². The molecule has 0 aliphatic rings. The number of rotatable bonds is 8. The topological polar surface area (TPSA) is 111 Å². The molecule has 2 N–H and O–H groups in total. The number of carbonyl (C=O) groups excluding carboxylic acids is 2. The predicted molar refractivity (Wildman–Crippen MR) is 117 cm³/mol. The van der Waals surface area contributed by atoms with Crippen LogP contribution in [0.3, 0.4) is 0 Å². The number of non-ortho nitro benzene ring substituents is 1. The quantitative estimate of drug-likeness (QED) is 0.421. The highest BCUT2D eigenvalue weighted by atomic mass is 16.6. The molecular weight excluding hydrogens is 398 g/mol. The van der Waals surface area contributed by atoms with E-state index in [0.717, 1.165) is 5.56 Å². The summed E-state index contributed by atoms with van der Waals surface area (Å²) in [5, 5.41) is 16.5. The molecule has 0 bridgehead atoms. The van der Waals surface area contributed by atoms with Gasteiger partial charge in [0.05, 0.1) is 4.92 Å². The first-order valence-electron chi connectivity index (χ1n) is 9.52. The van der Waals surface area contributed by atoms with E-state index in [1.807, 2.05) is 30.3 Å². The van der Waals surface area contributed by atoms with Gasteiger partial charge in [0.15, 0.2) is 6.61 Å².